The first-order valence-electron chi connectivity index (χ1n) is 6.43. The Bertz CT molecular complexity index is 531. The van der Waals surface area contributed by atoms with Gasteiger partial charge in [0.25, 0.3) is 5.91 Å². The first kappa shape index (κ1) is 15.9. The van der Waals surface area contributed by atoms with E-state index in [9.17, 15) is 14.4 Å². The van der Waals surface area contributed by atoms with Gasteiger partial charge in [-0.15, -0.1) is 0 Å². The molecule has 110 valence electrons. The second-order valence-corrected chi connectivity index (χ2v) is 5.27. The van der Waals surface area contributed by atoms with Gasteiger partial charge >= 0.3 is 5.97 Å². The van der Waals surface area contributed by atoms with Gasteiger partial charge in [0.15, 0.2) is 5.78 Å². The van der Waals surface area contributed by atoms with Gasteiger partial charge in [0.1, 0.15) is 11.7 Å². The lowest BCUT2D eigenvalue weighted by atomic mass is 10.0. The fourth-order valence-corrected chi connectivity index (χ4v) is 1.91. The van der Waals surface area contributed by atoms with Crippen LogP contribution in [0.4, 0.5) is 0 Å². The topological polar surface area (TPSA) is 88.4 Å². The Labute approximate surface area is 117 Å². The molecule has 0 aliphatic carbocycles. The Morgan fingerprint density at radius 1 is 1.35 bits per heavy atom. The summed E-state index contributed by atoms with van der Waals surface area (Å²) < 4.78 is 1.51. The second-order valence-electron chi connectivity index (χ2n) is 5.27. The fraction of sp³-hybridized carbons (Fsp3) is 0.500. The summed E-state index contributed by atoms with van der Waals surface area (Å²) in [6.07, 6.45) is 1.90. The zero-order valence-corrected chi connectivity index (χ0v) is 12.1. The average molecular weight is 280 g/mol. The summed E-state index contributed by atoms with van der Waals surface area (Å²) in [4.78, 5) is 34.5. The van der Waals surface area contributed by atoms with Gasteiger partial charge in [0, 0.05) is 18.8 Å². The molecule has 0 saturated carbocycles. The Morgan fingerprint density at radius 3 is 2.35 bits per heavy atom. The Balaban J connectivity index is 2.89. The van der Waals surface area contributed by atoms with Gasteiger partial charge in [0.05, 0.1) is 0 Å². The van der Waals surface area contributed by atoms with E-state index >= 15 is 0 Å². The number of nitrogens with one attached hydrogen (secondary N) is 1. The number of aromatic nitrogens is 1. The second kappa shape index (κ2) is 6.36. The van der Waals surface area contributed by atoms with Crippen molar-refractivity contribution in [1.29, 1.82) is 0 Å². The molecule has 1 amide bonds. The van der Waals surface area contributed by atoms with Crippen molar-refractivity contribution in [1.82, 2.24) is 9.88 Å². The number of nitrogens with zero attached hydrogens (tertiary/aromatic N) is 1. The zero-order chi connectivity index (χ0) is 15.4. The number of amides is 1. The molecule has 6 heteroatoms. The van der Waals surface area contributed by atoms with Crippen molar-refractivity contribution in [2.75, 3.05) is 0 Å². The molecule has 1 heterocycles. The Morgan fingerprint density at radius 2 is 1.95 bits per heavy atom. The molecule has 0 radical (unpaired) electrons. The van der Waals surface area contributed by atoms with Crippen molar-refractivity contribution in [3.63, 3.8) is 0 Å². The van der Waals surface area contributed by atoms with Crippen LogP contribution in [0.5, 0.6) is 0 Å². The molecule has 0 saturated heterocycles. The number of carbonyl (C=O) groups is 3. The molecule has 0 aromatic carbocycles. The molecule has 0 spiro atoms. The molecule has 20 heavy (non-hydrogen) atoms. The maximum atomic E-state index is 12.1. The van der Waals surface area contributed by atoms with Crippen LogP contribution in [-0.4, -0.2) is 33.4 Å². The standard InChI is InChI=1S/C14H20N2O4/c1-8(2)5-11(14(19)20)15-13(18)12-6-10(9(3)17)7-16(12)4/h6-8,11H,5H2,1-4H3,(H,15,18)(H,19,20)/t11-/m0/s1. The maximum absolute atomic E-state index is 12.1. The maximum Gasteiger partial charge on any atom is 0.326 e. The number of hydrogen-bond acceptors (Lipinski definition) is 3. The molecule has 6 nitrogen and oxygen atoms in total. The highest BCUT2D eigenvalue weighted by atomic mass is 16.4. The van der Waals surface area contributed by atoms with Gasteiger partial charge in [-0.05, 0) is 25.3 Å². The minimum absolute atomic E-state index is 0.142. The first-order valence-corrected chi connectivity index (χ1v) is 6.43. The van der Waals surface area contributed by atoms with E-state index in [1.54, 1.807) is 13.2 Å². The SMILES string of the molecule is CC(=O)c1cc(C(=O)N[C@@H](CC(C)C)C(=O)O)n(C)c1. The van der Waals surface area contributed by atoms with Gasteiger partial charge in [-0.1, -0.05) is 13.8 Å². The van der Waals surface area contributed by atoms with E-state index in [0.717, 1.165) is 0 Å². The number of aryl methyl sites for hydroxylation is 1. The predicted octanol–water partition coefficient (Wildman–Crippen LogP) is 1.46. The highest BCUT2D eigenvalue weighted by molar-refractivity contribution is 6.00. The minimum atomic E-state index is -1.06. The monoisotopic (exact) mass is 280 g/mol. The molecule has 1 atom stereocenters. The number of carbonyl (C=O) groups excluding carboxylic acids is 2. The van der Waals surface area contributed by atoms with E-state index < -0.39 is 17.9 Å². The van der Waals surface area contributed by atoms with Crippen LogP contribution in [0.2, 0.25) is 0 Å². The number of aliphatic carboxylic acids is 1. The smallest absolute Gasteiger partial charge is 0.326 e. The Hall–Kier alpha value is -2.11. The van der Waals surface area contributed by atoms with Crippen molar-refractivity contribution in [3.8, 4) is 0 Å². The lowest BCUT2D eigenvalue weighted by Gasteiger charge is -2.16. The van der Waals surface area contributed by atoms with Gasteiger partial charge in [-0.2, -0.15) is 0 Å². The van der Waals surface area contributed by atoms with E-state index in [2.05, 4.69) is 5.32 Å². The van der Waals surface area contributed by atoms with Crippen molar-refractivity contribution in [3.05, 3.63) is 23.5 Å². The van der Waals surface area contributed by atoms with E-state index in [1.807, 2.05) is 13.8 Å². The van der Waals surface area contributed by atoms with E-state index in [1.165, 1.54) is 17.6 Å². The van der Waals surface area contributed by atoms with Crippen LogP contribution in [0.25, 0.3) is 0 Å². The van der Waals surface area contributed by atoms with E-state index in [4.69, 9.17) is 5.11 Å². The summed E-state index contributed by atoms with van der Waals surface area (Å²) in [6, 6.07) is 0.532. The Kier molecular flexibility index (Phi) is 5.07. The molecule has 1 aromatic rings. The normalized spacial score (nSPS) is 12.2. The van der Waals surface area contributed by atoms with Crippen LogP contribution in [-0.2, 0) is 11.8 Å². The fourth-order valence-electron chi connectivity index (χ4n) is 1.91. The number of ketones is 1. The third-order valence-electron chi connectivity index (χ3n) is 2.95. The molecule has 2 N–H and O–H groups in total. The van der Waals surface area contributed by atoms with Gasteiger partial charge < -0.3 is 15.0 Å². The van der Waals surface area contributed by atoms with Crippen LogP contribution in [0, 0.1) is 5.92 Å². The van der Waals surface area contributed by atoms with Crippen molar-refractivity contribution in [2.45, 2.75) is 33.2 Å². The van der Waals surface area contributed by atoms with Crippen LogP contribution in [0.1, 0.15) is 48.0 Å². The number of rotatable bonds is 6. The van der Waals surface area contributed by atoms with Gasteiger partial charge in [0.2, 0.25) is 0 Å². The van der Waals surface area contributed by atoms with Crippen LogP contribution in [0.3, 0.4) is 0 Å². The number of carboxylic acid groups (broad SMARTS) is 1. The van der Waals surface area contributed by atoms with Gasteiger partial charge in [-0.3, -0.25) is 9.59 Å². The predicted molar refractivity (Wildman–Crippen MR) is 73.8 cm³/mol. The van der Waals surface area contributed by atoms with E-state index in [0.29, 0.717) is 12.0 Å². The molecule has 1 rings (SSSR count). The molecule has 0 bridgehead atoms. The molecule has 1 aromatic heterocycles. The summed E-state index contributed by atoms with van der Waals surface area (Å²) >= 11 is 0. The van der Waals surface area contributed by atoms with Crippen molar-refractivity contribution in [2.24, 2.45) is 13.0 Å². The number of hydrogen-bond donors (Lipinski definition) is 2. The van der Waals surface area contributed by atoms with Crippen LogP contribution >= 0.6 is 0 Å². The van der Waals surface area contributed by atoms with Crippen LogP contribution in [0.15, 0.2) is 12.3 Å². The molecule has 0 aliphatic rings. The molecular weight excluding hydrogens is 260 g/mol. The van der Waals surface area contributed by atoms with Gasteiger partial charge in [-0.25, -0.2) is 4.79 Å². The van der Waals surface area contributed by atoms with Crippen molar-refractivity contribution < 1.29 is 19.5 Å². The summed E-state index contributed by atoms with van der Waals surface area (Å²) in [7, 11) is 1.64. The van der Waals surface area contributed by atoms with Crippen LogP contribution < -0.4 is 5.32 Å². The zero-order valence-electron chi connectivity index (χ0n) is 12.1. The molecule has 0 unspecified atom stereocenters. The third kappa shape index (κ3) is 3.94. The number of Topliss-reactive ketones (excluding diaryl/α,β-unsaturated/α-hetero) is 1. The van der Waals surface area contributed by atoms with Crippen molar-refractivity contribution >= 4 is 17.7 Å². The molecular formula is C14H20N2O4. The lowest BCUT2D eigenvalue weighted by Crippen LogP contribution is -2.42. The first-order chi connectivity index (χ1) is 9.22. The van der Waals surface area contributed by atoms with E-state index in [-0.39, 0.29) is 17.4 Å². The quantitative estimate of drug-likeness (QED) is 0.772. The molecule has 0 fully saturated rings. The summed E-state index contributed by atoms with van der Waals surface area (Å²) in [6.45, 7) is 5.19. The average Bonchev–Trinajstić information content (AvgIpc) is 2.69. The summed E-state index contributed by atoms with van der Waals surface area (Å²) in [5.41, 5.74) is 0.693. The lowest BCUT2D eigenvalue weighted by molar-refractivity contribution is -0.139. The number of carboxylic acids is 1. The minimum Gasteiger partial charge on any atom is -0.480 e. The largest absolute Gasteiger partial charge is 0.480 e. The summed E-state index contributed by atoms with van der Waals surface area (Å²) in [5, 5.41) is 11.6. The third-order valence-corrected chi connectivity index (χ3v) is 2.95. The highest BCUT2D eigenvalue weighted by Crippen LogP contribution is 2.10. The highest BCUT2D eigenvalue weighted by Gasteiger charge is 2.23. The molecule has 0 aliphatic heterocycles. The summed E-state index contributed by atoms with van der Waals surface area (Å²) in [5.74, 6) is -1.55.